The van der Waals surface area contributed by atoms with Crippen LogP contribution in [0.5, 0.6) is 0 Å². The monoisotopic (exact) mass is 248 g/mol. The summed E-state index contributed by atoms with van der Waals surface area (Å²) in [4.78, 5) is 0. The minimum atomic E-state index is 0.469. The third-order valence-corrected chi connectivity index (χ3v) is 2.10. The Balaban J connectivity index is 2.90. The summed E-state index contributed by atoms with van der Waals surface area (Å²) in [6.07, 6.45) is 1.92. The first-order chi connectivity index (χ1) is 4.77. The van der Waals surface area contributed by atoms with Crippen molar-refractivity contribution in [2.24, 2.45) is 0 Å². The van der Waals surface area contributed by atoms with E-state index in [1.165, 1.54) is 0 Å². The van der Waals surface area contributed by atoms with Crippen molar-refractivity contribution >= 4 is 39.8 Å². The van der Waals surface area contributed by atoms with Gasteiger partial charge in [0.2, 0.25) is 5.71 Å². The molecule has 0 atom stereocenters. The average molecular weight is 248 g/mol. The molecule has 0 radical (unpaired) electrons. The number of rotatable bonds is 0. The Morgan fingerprint density at radius 3 is 3.10 bits per heavy atom. The summed E-state index contributed by atoms with van der Waals surface area (Å²) in [6.45, 7) is 0. The molecule has 0 saturated heterocycles. The Kier molecular flexibility index (Phi) is 1.17. The Morgan fingerprint density at radius 1 is 1.60 bits per heavy atom. The number of furan rings is 1. The Bertz CT molecular complexity index is 363. The number of aromatic nitrogens is 1. The van der Waals surface area contributed by atoms with E-state index >= 15 is 0 Å². The standard InChI is InChI=1S/C6H5IN2O/c7-9-2-1-4-3-5(8)10-6(4)9/h1-3H,8H2. The van der Waals surface area contributed by atoms with E-state index in [-0.39, 0.29) is 0 Å². The number of anilines is 1. The van der Waals surface area contributed by atoms with Crippen molar-refractivity contribution in [1.82, 2.24) is 2.78 Å². The smallest absolute Gasteiger partial charge is 0.218 e. The highest BCUT2D eigenvalue weighted by molar-refractivity contribution is 14.1. The van der Waals surface area contributed by atoms with Crippen LogP contribution in [0.15, 0.2) is 22.7 Å². The predicted molar refractivity (Wildman–Crippen MR) is 48.0 cm³/mol. The molecule has 0 unspecified atom stereocenters. The summed E-state index contributed by atoms with van der Waals surface area (Å²) in [7, 11) is 0. The molecule has 0 aliphatic rings. The molecule has 4 heteroatoms. The van der Waals surface area contributed by atoms with Crippen LogP contribution in [0.3, 0.4) is 0 Å². The van der Waals surface area contributed by atoms with Gasteiger partial charge in [0.15, 0.2) is 5.88 Å². The molecule has 0 amide bonds. The molecule has 10 heavy (non-hydrogen) atoms. The van der Waals surface area contributed by atoms with Crippen LogP contribution in [0.4, 0.5) is 5.88 Å². The highest BCUT2D eigenvalue weighted by Crippen LogP contribution is 2.23. The lowest BCUT2D eigenvalue weighted by Gasteiger charge is -1.84. The number of nitrogens with two attached hydrogens (primary N) is 1. The van der Waals surface area contributed by atoms with Crippen molar-refractivity contribution in [3.63, 3.8) is 0 Å². The van der Waals surface area contributed by atoms with Crippen LogP contribution in [0.1, 0.15) is 0 Å². The first-order valence-electron chi connectivity index (χ1n) is 2.80. The molecule has 2 rings (SSSR count). The Labute approximate surface area is 71.3 Å². The molecular weight excluding hydrogens is 243 g/mol. The van der Waals surface area contributed by atoms with E-state index in [4.69, 9.17) is 10.2 Å². The van der Waals surface area contributed by atoms with Crippen molar-refractivity contribution in [2.75, 3.05) is 5.73 Å². The highest BCUT2D eigenvalue weighted by Gasteiger charge is 2.03. The number of halogens is 1. The van der Waals surface area contributed by atoms with Crippen molar-refractivity contribution in [3.05, 3.63) is 18.3 Å². The van der Waals surface area contributed by atoms with Gasteiger partial charge >= 0.3 is 0 Å². The lowest BCUT2D eigenvalue weighted by Crippen LogP contribution is -1.76. The third kappa shape index (κ3) is 0.716. The van der Waals surface area contributed by atoms with Crippen LogP contribution < -0.4 is 5.73 Å². The van der Waals surface area contributed by atoms with Gasteiger partial charge in [0.1, 0.15) is 0 Å². The Hall–Kier alpha value is -0.650. The molecule has 2 heterocycles. The molecule has 0 aromatic carbocycles. The lowest BCUT2D eigenvalue weighted by molar-refractivity contribution is 0.623. The number of fused-ring (bicyclic) bond motifs is 1. The fraction of sp³-hybridized carbons (Fsp3) is 0. The zero-order valence-electron chi connectivity index (χ0n) is 5.04. The van der Waals surface area contributed by atoms with E-state index < -0.39 is 0 Å². The fourth-order valence-electron chi connectivity index (χ4n) is 0.915. The van der Waals surface area contributed by atoms with E-state index in [2.05, 4.69) is 22.9 Å². The van der Waals surface area contributed by atoms with Gasteiger partial charge in [-0.15, -0.1) is 0 Å². The summed E-state index contributed by atoms with van der Waals surface area (Å²) in [5, 5.41) is 1.05. The van der Waals surface area contributed by atoms with E-state index in [0.717, 1.165) is 11.1 Å². The maximum absolute atomic E-state index is 5.42. The number of hydrogen-bond acceptors (Lipinski definition) is 2. The molecule has 0 spiro atoms. The van der Waals surface area contributed by atoms with Crippen molar-refractivity contribution < 1.29 is 4.42 Å². The molecule has 52 valence electrons. The van der Waals surface area contributed by atoms with Crippen LogP contribution in [-0.2, 0) is 0 Å². The summed E-state index contributed by atoms with van der Waals surface area (Å²) < 4.78 is 7.04. The summed E-state index contributed by atoms with van der Waals surface area (Å²) in [6, 6.07) is 3.77. The second-order valence-electron chi connectivity index (χ2n) is 2.04. The molecule has 0 aliphatic carbocycles. The maximum Gasteiger partial charge on any atom is 0.218 e. The third-order valence-electron chi connectivity index (χ3n) is 1.34. The van der Waals surface area contributed by atoms with E-state index in [9.17, 15) is 0 Å². The van der Waals surface area contributed by atoms with Crippen LogP contribution in [-0.4, -0.2) is 2.78 Å². The average Bonchev–Trinajstić information content (AvgIpc) is 2.35. The van der Waals surface area contributed by atoms with Gasteiger partial charge in [-0.3, -0.25) is 2.78 Å². The predicted octanol–water partition coefficient (Wildman–Crippen LogP) is 2.01. The molecule has 0 bridgehead atoms. The van der Waals surface area contributed by atoms with Gasteiger partial charge in [-0.2, -0.15) is 0 Å². The number of nitrogens with zero attached hydrogens (tertiary/aromatic N) is 1. The van der Waals surface area contributed by atoms with Crippen molar-refractivity contribution in [1.29, 1.82) is 0 Å². The van der Waals surface area contributed by atoms with E-state index in [1.807, 2.05) is 21.1 Å². The first kappa shape index (κ1) is 6.09. The topological polar surface area (TPSA) is 44.1 Å². The number of nitrogen functional groups attached to an aromatic ring is 1. The van der Waals surface area contributed by atoms with Crippen molar-refractivity contribution in [2.45, 2.75) is 0 Å². The molecule has 2 aromatic rings. The van der Waals surface area contributed by atoms with Crippen molar-refractivity contribution in [3.8, 4) is 0 Å². The summed E-state index contributed by atoms with van der Waals surface area (Å²) >= 11 is 2.13. The van der Waals surface area contributed by atoms with E-state index in [0.29, 0.717) is 5.88 Å². The molecule has 3 nitrogen and oxygen atoms in total. The zero-order valence-corrected chi connectivity index (χ0v) is 7.20. The lowest BCUT2D eigenvalue weighted by atomic mass is 10.4. The van der Waals surface area contributed by atoms with Crippen LogP contribution >= 0.6 is 22.9 Å². The van der Waals surface area contributed by atoms with E-state index in [1.54, 1.807) is 0 Å². The largest absolute Gasteiger partial charge is 0.424 e. The van der Waals surface area contributed by atoms with Gasteiger partial charge in [-0.05, 0) is 6.07 Å². The SMILES string of the molecule is Nc1cc2ccn(I)c2o1. The minimum absolute atomic E-state index is 0.469. The quantitative estimate of drug-likeness (QED) is 0.724. The molecule has 0 saturated carbocycles. The normalized spacial score (nSPS) is 10.9. The van der Waals surface area contributed by atoms with Gasteiger partial charge in [0.05, 0.1) is 22.9 Å². The molecule has 2 aromatic heterocycles. The fourth-order valence-corrected chi connectivity index (χ4v) is 1.45. The van der Waals surface area contributed by atoms with Gasteiger partial charge in [0, 0.05) is 17.6 Å². The molecular formula is C6H5IN2O. The maximum atomic E-state index is 5.42. The molecule has 2 N–H and O–H groups in total. The second-order valence-corrected chi connectivity index (χ2v) is 3.08. The van der Waals surface area contributed by atoms with Gasteiger partial charge in [-0.25, -0.2) is 0 Å². The van der Waals surface area contributed by atoms with Crippen LogP contribution in [0.2, 0.25) is 0 Å². The minimum Gasteiger partial charge on any atom is -0.424 e. The number of hydrogen-bond donors (Lipinski definition) is 1. The summed E-state index contributed by atoms with van der Waals surface area (Å²) in [5.41, 5.74) is 6.24. The highest BCUT2D eigenvalue weighted by atomic mass is 127. The molecule has 0 aliphatic heterocycles. The van der Waals surface area contributed by atoms with Crippen LogP contribution in [0.25, 0.3) is 11.1 Å². The van der Waals surface area contributed by atoms with Gasteiger partial charge in [-0.1, -0.05) is 0 Å². The zero-order chi connectivity index (χ0) is 7.14. The summed E-state index contributed by atoms with van der Waals surface area (Å²) in [5.74, 6) is 0.469. The molecule has 0 fully saturated rings. The first-order valence-corrected chi connectivity index (χ1v) is 3.76. The van der Waals surface area contributed by atoms with Gasteiger partial charge in [0.25, 0.3) is 0 Å². The van der Waals surface area contributed by atoms with Gasteiger partial charge < -0.3 is 10.2 Å². The Morgan fingerprint density at radius 2 is 2.40 bits per heavy atom. The van der Waals surface area contributed by atoms with Crippen LogP contribution in [0, 0.1) is 0 Å². The second kappa shape index (κ2) is 1.91.